The van der Waals surface area contributed by atoms with Crippen molar-refractivity contribution in [1.29, 1.82) is 0 Å². The van der Waals surface area contributed by atoms with E-state index in [1.165, 1.54) is 246 Å². The molecule has 148 heavy (non-hydrogen) atoms. The Kier molecular flexibility index (Phi) is 25.6. The summed E-state index contributed by atoms with van der Waals surface area (Å²) in [7, 11) is 0. The number of allylic oxidation sites excluding steroid dienone is 9. The SMILES string of the molecule is CC(C)C1=Cc2ccc3cc(-c4ccc5c(c4)CC4=C5CC(C(C)C)=N4)ccc3c2C1.CC(C)C1=NC2=C(C1)c1cc3c(cc1C2)-c1ccc(-c2cnc(C(C)C)[nH]2)cc1C3.CC(C)C1=NC2=C(C1)c1ccc(-c3ccc(-c4cnc(C(C)C)[nH]4)cc3)cc1C2.CC(C)C1=NC=C(c2cc3c4c(c2)Cc2cc(-c5cnc(C(C)C)[nH]5)cc(c2-4)C3)C1.CC(C)C1=NC=C(c2ccc(-c3ccc(-c4cnc(C(C)C)[nH]4)cc3)cc2)C1. The van der Waals surface area contributed by atoms with Crippen molar-refractivity contribution in [2.24, 2.45) is 60.5 Å². The van der Waals surface area contributed by atoms with E-state index in [9.17, 15) is 0 Å². The van der Waals surface area contributed by atoms with Gasteiger partial charge in [0.2, 0.25) is 0 Å². The van der Waals surface area contributed by atoms with Gasteiger partial charge in [-0.2, -0.15) is 0 Å². The van der Waals surface area contributed by atoms with Crippen molar-refractivity contribution in [3.8, 4) is 101 Å². The zero-order valence-electron chi connectivity index (χ0n) is 89.8. The van der Waals surface area contributed by atoms with Crippen LogP contribution in [0.2, 0.25) is 0 Å². The Morgan fingerprint density at radius 2 is 0.561 bits per heavy atom. The molecule has 0 radical (unpaired) electrons. The van der Waals surface area contributed by atoms with E-state index < -0.39 is 0 Å². The number of aromatic nitrogens is 8. The van der Waals surface area contributed by atoms with Crippen LogP contribution in [-0.2, 0) is 44.9 Å². The summed E-state index contributed by atoms with van der Waals surface area (Å²) in [6, 6.07) is 73.1. The summed E-state index contributed by atoms with van der Waals surface area (Å²) in [5.74, 6) is 9.07. The lowest BCUT2D eigenvalue weighted by molar-refractivity contribution is 0.755. The molecule has 742 valence electrons. The van der Waals surface area contributed by atoms with Crippen LogP contribution in [0.4, 0.5) is 0 Å². The van der Waals surface area contributed by atoms with Crippen LogP contribution in [0.3, 0.4) is 0 Å². The van der Waals surface area contributed by atoms with Crippen molar-refractivity contribution in [3.63, 3.8) is 0 Å². The minimum atomic E-state index is 0.406. The highest BCUT2D eigenvalue weighted by Gasteiger charge is 2.37. The average molecular weight is 1940 g/mol. The van der Waals surface area contributed by atoms with Crippen LogP contribution in [0.15, 0.2) is 279 Å². The summed E-state index contributed by atoms with van der Waals surface area (Å²) in [4.78, 5) is 56.0. The third-order valence-electron chi connectivity index (χ3n) is 32.6. The predicted octanol–water partition coefficient (Wildman–Crippen LogP) is 34.3. The summed E-state index contributed by atoms with van der Waals surface area (Å²) in [5, 5.41) is 2.76. The highest BCUT2D eigenvalue weighted by molar-refractivity contribution is 6.07. The molecule has 0 unspecified atom stereocenters. The monoisotopic (exact) mass is 1940 g/mol. The standard InChI is InChI=1S/C30H29N.2C27H27N3.C26H27N3.C25H27N3/c1-17(2)23-13-22-6-5-21-11-19(7-9-25(21)27(22)14-23)20-8-10-26-24(12-20)15-30-28(26)16-29(31-30)18(3)4;1-14(2)23-11-22(12-28-23)16-5-18-9-20-7-17(24-13-29-27(30-24)15(3)4)8-21-10-19(6-16)25(18)26(20)21;1-14(2)24-12-23-22-9-18-8-17-7-16(26-13-28-27(30-26)15(3)4)5-6-20(17)21(18)10-19(22)11-25(23)29-24;1-15(2)23-13-22-21-10-9-19(11-20(21)12-24(22)28-23)17-5-7-18(8-6-17)25-14-27-26(29-25)16(3)4;1-16(2)23-13-22(14-26-23)20-7-5-18(6-8-20)19-9-11-21(12-10-19)24-15-27-25(28-24)17(3)4/h5-13,17-18H,14-16H2,1-4H3;5-8,12-15H,9-11H2,1-4H3,(H,29,30);5-7,9-10,13-15H,8,11-12H2,1-4H3,(H,28,30);5-11,14-16H,12-13H2,1-4H3,(H,27,29);5-12,14-17H,13H2,1-4H3,(H,27,28). The van der Waals surface area contributed by atoms with Crippen molar-refractivity contribution in [2.45, 2.75) is 239 Å². The smallest absolute Gasteiger partial charge is 0.109 e. The first kappa shape index (κ1) is 96.7. The molecule has 13 nitrogen and oxygen atoms in total. The number of hydrogen-bond donors (Lipinski definition) is 4. The van der Waals surface area contributed by atoms with Gasteiger partial charge in [0.05, 0.1) is 47.6 Å². The first-order chi connectivity index (χ1) is 71.4. The fourth-order valence-corrected chi connectivity index (χ4v) is 23.6. The molecule has 9 heterocycles. The van der Waals surface area contributed by atoms with Gasteiger partial charge in [-0.05, 0) is 292 Å². The average Bonchev–Trinajstić information content (AvgIpc) is 1.55. The van der Waals surface area contributed by atoms with Crippen molar-refractivity contribution >= 4 is 73.3 Å². The first-order valence-corrected chi connectivity index (χ1v) is 54.5. The molecule has 27 rings (SSSR count). The number of aliphatic imine (C=N–C) groups is 5. The fourth-order valence-electron chi connectivity index (χ4n) is 23.6. The van der Waals surface area contributed by atoms with E-state index in [4.69, 9.17) is 15.0 Å². The molecular weight excluding hydrogens is 1800 g/mol. The maximum atomic E-state index is 4.96. The molecule has 4 N–H and O–H groups in total. The van der Waals surface area contributed by atoms with E-state index in [1.54, 1.807) is 5.57 Å². The second kappa shape index (κ2) is 39.2. The number of rotatable bonds is 19. The number of fused-ring (bicyclic) bond motifs is 12. The lowest BCUT2D eigenvalue weighted by atomic mass is 9.92. The maximum Gasteiger partial charge on any atom is 0.109 e. The fraction of sp³-hybridized carbons (Fsp3) is 0.311. The number of aromatic amines is 4. The zero-order valence-corrected chi connectivity index (χ0v) is 89.8. The van der Waals surface area contributed by atoms with Gasteiger partial charge < -0.3 is 19.9 Å². The molecule has 0 spiro atoms. The molecule has 15 aromatic rings. The molecule has 0 amide bonds. The molecule has 12 aliphatic rings. The Morgan fingerprint density at radius 1 is 0.230 bits per heavy atom. The summed E-state index contributed by atoms with van der Waals surface area (Å²) >= 11 is 0. The third kappa shape index (κ3) is 18.6. The Balaban J connectivity index is 0.000000102. The Morgan fingerprint density at radius 3 is 1.00 bits per heavy atom. The number of H-pyrrole nitrogens is 4. The van der Waals surface area contributed by atoms with E-state index in [-0.39, 0.29) is 0 Å². The maximum absolute atomic E-state index is 4.96. The van der Waals surface area contributed by atoms with Gasteiger partial charge in [-0.3, -0.25) is 25.0 Å². The van der Waals surface area contributed by atoms with Gasteiger partial charge >= 0.3 is 0 Å². The molecule has 7 aliphatic carbocycles. The summed E-state index contributed by atoms with van der Waals surface area (Å²) in [5.41, 5.74) is 64.7. The largest absolute Gasteiger partial charge is 0.342 e. The molecule has 0 saturated carbocycles. The molecule has 11 aromatic carbocycles. The molecule has 0 fully saturated rings. The van der Waals surface area contributed by atoms with E-state index in [2.05, 4.69) is 395 Å². The van der Waals surface area contributed by atoms with Crippen LogP contribution < -0.4 is 0 Å². The van der Waals surface area contributed by atoms with Gasteiger partial charge in [0, 0.05) is 139 Å². The first-order valence-electron chi connectivity index (χ1n) is 54.5. The lowest BCUT2D eigenvalue weighted by Gasteiger charge is -2.12. The number of benzene rings is 11. The summed E-state index contributed by atoms with van der Waals surface area (Å²) < 4.78 is 0. The van der Waals surface area contributed by atoms with E-state index in [1.807, 2.05) is 31.0 Å². The number of imidazole rings is 4. The minimum absolute atomic E-state index is 0.406. The van der Waals surface area contributed by atoms with Gasteiger partial charge in [-0.15, -0.1) is 0 Å². The lowest BCUT2D eigenvalue weighted by Crippen LogP contribution is -2.05. The second-order valence-corrected chi connectivity index (χ2v) is 46.2. The van der Waals surface area contributed by atoms with Crippen molar-refractivity contribution < 1.29 is 0 Å². The molecule has 13 heteroatoms. The Hall–Kier alpha value is -14.7. The number of hydrogen-bond acceptors (Lipinski definition) is 9. The van der Waals surface area contributed by atoms with Crippen molar-refractivity contribution in [2.75, 3.05) is 0 Å². The normalized spacial score (nSPS) is 15.7. The molecule has 0 saturated heterocycles. The quantitative estimate of drug-likeness (QED) is 0.0630. The van der Waals surface area contributed by atoms with Crippen molar-refractivity contribution in [1.82, 2.24) is 39.9 Å². The van der Waals surface area contributed by atoms with Gasteiger partial charge in [-0.1, -0.05) is 314 Å². The summed E-state index contributed by atoms with van der Waals surface area (Å²) in [6.07, 6.45) is 26.5. The van der Waals surface area contributed by atoms with E-state index >= 15 is 0 Å². The zero-order chi connectivity index (χ0) is 102. The van der Waals surface area contributed by atoms with Gasteiger partial charge in [0.1, 0.15) is 23.3 Å². The summed E-state index contributed by atoms with van der Waals surface area (Å²) in [6.45, 7) is 44.2. The Labute approximate surface area is 873 Å². The highest BCUT2D eigenvalue weighted by atomic mass is 14.9. The second-order valence-electron chi connectivity index (χ2n) is 46.2. The molecular formula is C135H137N13. The highest BCUT2D eigenvalue weighted by Crippen LogP contribution is 2.53. The number of nitrogens with zero attached hydrogens (tertiary/aromatic N) is 9. The van der Waals surface area contributed by atoms with E-state index in [0.29, 0.717) is 59.2 Å². The van der Waals surface area contributed by atoms with Crippen LogP contribution in [0.25, 0.3) is 145 Å². The molecule has 0 atom stereocenters. The predicted molar refractivity (Wildman–Crippen MR) is 621 cm³/mol. The van der Waals surface area contributed by atoms with Crippen LogP contribution in [0.1, 0.15) is 307 Å². The van der Waals surface area contributed by atoms with Gasteiger partial charge in [0.15, 0.2) is 0 Å². The van der Waals surface area contributed by atoms with Crippen LogP contribution >= 0.6 is 0 Å². The number of nitrogens with one attached hydrogen (secondary N) is 4. The third-order valence-corrected chi connectivity index (χ3v) is 32.6. The van der Waals surface area contributed by atoms with Crippen LogP contribution in [0, 0.1) is 35.5 Å². The van der Waals surface area contributed by atoms with Gasteiger partial charge in [0.25, 0.3) is 0 Å². The Bertz CT molecular complexity index is 8230. The van der Waals surface area contributed by atoms with Crippen molar-refractivity contribution in [3.05, 3.63) is 366 Å². The molecule has 0 bridgehead atoms. The van der Waals surface area contributed by atoms with E-state index in [0.717, 1.165) is 129 Å². The topological polar surface area (TPSA) is 177 Å². The van der Waals surface area contributed by atoms with Gasteiger partial charge in [-0.25, -0.2) is 19.9 Å². The van der Waals surface area contributed by atoms with Crippen LogP contribution in [0.5, 0.6) is 0 Å². The molecule has 5 aliphatic heterocycles. The minimum Gasteiger partial charge on any atom is -0.342 e. The molecule has 4 aromatic heterocycles. The van der Waals surface area contributed by atoms with Crippen LogP contribution in [-0.4, -0.2) is 68.4 Å².